The van der Waals surface area contributed by atoms with Gasteiger partial charge in [-0.3, -0.25) is 19.3 Å². The quantitative estimate of drug-likeness (QED) is 0.367. The van der Waals surface area contributed by atoms with E-state index >= 15 is 0 Å². The summed E-state index contributed by atoms with van der Waals surface area (Å²) in [5.74, 6) is -3.68. The maximum Gasteiger partial charge on any atom is 0.353 e. The topological polar surface area (TPSA) is 143 Å². The molecule has 2 aliphatic heterocycles. The van der Waals surface area contributed by atoms with Gasteiger partial charge in [0.15, 0.2) is 5.13 Å². The molecule has 1 aromatic rings. The fraction of sp³-hybridized carbons (Fsp3) is 0.250. The molecule has 0 radical (unpaired) electrons. The Hall–Kier alpha value is -2.11. The molecule has 24 heavy (non-hydrogen) atoms. The summed E-state index contributed by atoms with van der Waals surface area (Å²) in [5, 5.41) is 12.4. The van der Waals surface area contributed by atoms with Gasteiger partial charge in [-0.25, -0.2) is 9.78 Å². The molecule has 1 fully saturated rings. The van der Waals surface area contributed by atoms with Gasteiger partial charge in [-0.1, -0.05) is 11.6 Å². The van der Waals surface area contributed by atoms with Gasteiger partial charge < -0.3 is 16.2 Å². The van der Waals surface area contributed by atoms with Crippen LogP contribution in [0.25, 0.3) is 0 Å². The number of nitrogens with one attached hydrogen (secondary N) is 1. The lowest BCUT2D eigenvalue weighted by Gasteiger charge is -2.48. The second kappa shape index (κ2) is 6.07. The molecule has 126 valence electrons. The van der Waals surface area contributed by atoms with E-state index in [9.17, 15) is 19.2 Å². The van der Waals surface area contributed by atoms with Crippen LogP contribution in [-0.4, -0.2) is 55.7 Å². The number of carbonyl (C=O) groups excluding carboxylic acids is 3. The summed E-state index contributed by atoms with van der Waals surface area (Å²) < 4.78 is 0. The monoisotopic (exact) mass is 388 g/mol. The van der Waals surface area contributed by atoms with Gasteiger partial charge in [-0.05, 0) is 0 Å². The third-order valence-corrected chi connectivity index (χ3v) is 5.80. The number of amides is 2. The van der Waals surface area contributed by atoms with Crippen molar-refractivity contribution in [3.05, 3.63) is 21.8 Å². The molecular weight excluding hydrogens is 380 g/mol. The van der Waals surface area contributed by atoms with Crippen molar-refractivity contribution in [1.29, 1.82) is 0 Å². The van der Waals surface area contributed by atoms with E-state index in [1.807, 2.05) is 0 Å². The SMILES string of the molecule is Nc1nc(C(=O)C(=O)NC2C(=O)N3C(C(=O)O)=C(Cl)CS[C@H]23)cs1. The number of hydrogen-bond donors (Lipinski definition) is 3. The zero-order valence-corrected chi connectivity index (χ0v) is 14.1. The Bertz CT molecular complexity index is 807. The van der Waals surface area contributed by atoms with Crippen LogP contribution in [0.4, 0.5) is 5.13 Å². The summed E-state index contributed by atoms with van der Waals surface area (Å²) in [5.41, 5.74) is 5.00. The summed E-state index contributed by atoms with van der Waals surface area (Å²) in [6, 6.07) is -0.999. The molecule has 0 bridgehead atoms. The Balaban J connectivity index is 1.72. The minimum absolute atomic E-state index is 0.0518. The second-order valence-electron chi connectivity index (χ2n) is 4.82. The Morgan fingerprint density at radius 1 is 1.46 bits per heavy atom. The number of thiazole rings is 1. The van der Waals surface area contributed by atoms with Crippen molar-refractivity contribution in [1.82, 2.24) is 15.2 Å². The summed E-state index contributed by atoms with van der Waals surface area (Å²) in [6.07, 6.45) is 0. The van der Waals surface area contributed by atoms with E-state index < -0.39 is 35.0 Å². The van der Waals surface area contributed by atoms with Crippen molar-refractivity contribution < 1.29 is 24.3 Å². The van der Waals surface area contributed by atoms with Gasteiger partial charge in [-0.2, -0.15) is 0 Å². The lowest BCUT2D eigenvalue weighted by molar-refractivity contribution is -0.150. The first-order chi connectivity index (χ1) is 11.3. The number of nitrogen functional groups attached to an aromatic ring is 1. The minimum atomic E-state index is -1.32. The third-order valence-electron chi connectivity index (χ3n) is 3.37. The molecule has 4 N–H and O–H groups in total. The maximum absolute atomic E-state index is 12.2. The number of hydrogen-bond acceptors (Lipinski definition) is 8. The molecule has 0 spiro atoms. The Morgan fingerprint density at radius 3 is 2.75 bits per heavy atom. The molecule has 0 aliphatic carbocycles. The average molecular weight is 389 g/mol. The minimum Gasteiger partial charge on any atom is -0.477 e. The molecule has 3 heterocycles. The molecule has 1 saturated heterocycles. The molecule has 9 nitrogen and oxygen atoms in total. The van der Waals surface area contributed by atoms with E-state index in [0.717, 1.165) is 16.2 Å². The summed E-state index contributed by atoms with van der Waals surface area (Å²) in [4.78, 5) is 52.0. The van der Waals surface area contributed by atoms with Crippen molar-refractivity contribution in [2.45, 2.75) is 11.4 Å². The summed E-state index contributed by atoms with van der Waals surface area (Å²) in [7, 11) is 0. The van der Waals surface area contributed by atoms with Gasteiger partial charge in [0, 0.05) is 11.1 Å². The van der Waals surface area contributed by atoms with Crippen LogP contribution in [0, 0.1) is 0 Å². The summed E-state index contributed by atoms with van der Waals surface area (Å²) in [6.45, 7) is 0. The third kappa shape index (κ3) is 2.64. The molecule has 0 saturated carbocycles. The maximum atomic E-state index is 12.2. The molecular formula is C12H9ClN4O5S2. The number of nitrogens with zero attached hydrogens (tertiary/aromatic N) is 2. The van der Waals surface area contributed by atoms with Crippen LogP contribution in [-0.2, 0) is 14.4 Å². The molecule has 2 aliphatic rings. The smallest absolute Gasteiger partial charge is 0.353 e. The Kier molecular flexibility index (Phi) is 4.24. The fourth-order valence-electron chi connectivity index (χ4n) is 2.30. The van der Waals surface area contributed by atoms with Crippen molar-refractivity contribution in [2.24, 2.45) is 0 Å². The predicted molar refractivity (Wildman–Crippen MR) is 86.4 cm³/mol. The number of Topliss-reactive ketones (excluding diaryl/α,β-unsaturated/α-hetero) is 1. The first-order valence-electron chi connectivity index (χ1n) is 6.44. The highest BCUT2D eigenvalue weighted by Crippen LogP contribution is 2.41. The van der Waals surface area contributed by atoms with Gasteiger partial charge in [0.1, 0.15) is 22.8 Å². The number of thioether (sulfide) groups is 1. The number of aromatic nitrogens is 1. The van der Waals surface area contributed by atoms with Crippen molar-refractivity contribution in [3.8, 4) is 0 Å². The number of halogens is 1. The highest BCUT2D eigenvalue weighted by atomic mass is 35.5. The van der Waals surface area contributed by atoms with E-state index in [1.54, 1.807) is 0 Å². The largest absolute Gasteiger partial charge is 0.477 e. The molecule has 2 amide bonds. The van der Waals surface area contributed by atoms with E-state index in [-0.39, 0.29) is 27.3 Å². The summed E-state index contributed by atoms with van der Waals surface area (Å²) >= 11 is 8.06. The number of carboxylic acids is 1. The van der Waals surface area contributed by atoms with Crippen LogP contribution in [0.15, 0.2) is 16.1 Å². The van der Waals surface area contributed by atoms with Crippen molar-refractivity contribution in [3.63, 3.8) is 0 Å². The zero-order chi connectivity index (χ0) is 17.6. The highest BCUT2D eigenvalue weighted by Gasteiger charge is 2.54. The van der Waals surface area contributed by atoms with Crippen molar-refractivity contribution in [2.75, 3.05) is 11.5 Å². The number of rotatable bonds is 4. The van der Waals surface area contributed by atoms with Gasteiger partial charge in [0.05, 0.1) is 5.03 Å². The average Bonchev–Trinajstić information content (AvgIpc) is 2.97. The van der Waals surface area contributed by atoms with E-state index in [4.69, 9.17) is 22.4 Å². The van der Waals surface area contributed by atoms with Crippen LogP contribution < -0.4 is 11.1 Å². The fourth-order valence-corrected chi connectivity index (χ4v) is 4.39. The van der Waals surface area contributed by atoms with Crippen LogP contribution in [0.2, 0.25) is 0 Å². The number of β-lactam (4-membered cyclic amide) rings is 1. The Morgan fingerprint density at radius 2 is 2.17 bits per heavy atom. The normalized spacial score (nSPS) is 22.7. The number of nitrogens with two attached hydrogens (primary N) is 1. The first-order valence-corrected chi connectivity index (χ1v) is 8.74. The number of anilines is 1. The standard InChI is InChI=1S/C12H9ClN4O5S2/c13-3-1-23-10-5(9(20)17(10)6(3)11(21)22)16-8(19)7(18)4-2-24-12(14)15-4/h2,5,10H,1H2,(H2,14,15)(H,16,19)(H,21,22)/t5?,10-/m1/s1. The molecule has 1 aromatic heterocycles. The lowest BCUT2D eigenvalue weighted by atomic mass is 10.0. The van der Waals surface area contributed by atoms with Crippen molar-refractivity contribution >= 4 is 63.4 Å². The Labute approximate surface area is 147 Å². The zero-order valence-electron chi connectivity index (χ0n) is 11.7. The molecule has 0 aromatic carbocycles. The molecule has 3 rings (SSSR count). The second-order valence-corrected chi connectivity index (χ2v) is 7.27. The van der Waals surface area contributed by atoms with Gasteiger partial charge in [-0.15, -0.1) is 23.1 Å². The van der Waals surface area contributed by atoms with Gasteiger partial charge in [0.2, 0.25) is 0 Å². The number of fused-ring (bicyclic) bond motifs is 1. The number of ketones is 1. The van der Waals surface area contributed by atoms with Gasteiger partial charge in [0.25, 0.3) is 17.6 Å². The van der Waals surface area contributed by atoms with Gasteiger partial charge >= 0.3 is 5.97 Å². The lowest BCUT2D eigenvalue weighted by Crippen LogP contribution is -2.70. The van der Waals surface area contributed by atoms with Crippen LogP contribution >= 0.6 is 34.7 Å². The predicted octanol–water partition coefficient (Wildman–Crippen LogP) is -0.157. The number of aliphatic carboxylic acids is 1. The first kappa shape index (κ1) is 16.7. The van der Waals surface area contributed by atoms with Crippen LogP contribution in [0.3, 0.4) is 0 Å². The molecule has 12 heteroatoms. The highest BCUT2D eigenvalue weighted by molar-refractivity contribution is 8.00. The van der Waals surface area contributed by atoms with E-state index in [1.165, 1.54) is 17.1 Å². The van der Waals surface area contributed by atoms with Crippen LogP contribution in [0.1, 0.15) is 10.5 Å². The molecule has 2 atom stereocenters. The van der Waals surface area contributed by atoms with Crippen LogP contribution in [0.5, 0.6) is 0 Å². The van der Waals surface area contributed by atoms with E-state index in [2.05, 4.69) is 10.3 Å². The molecule has 1 unspecified atom stereocenters. The van der Waals surface area contributed by atoms with E-state index in [0.29, 0.717) is 0 Å². The number of carbonyl (C=O) groups is 4. The number of carboxylic acid groups (broad SMARTS) is 1.